The smallest absolute Gasteiger partial charge is 0.339 e. The maximum absolute atomic E-state index is 12.5. The minimum atomic E-state index is -1.11. The fraction of sp³-hybridized carbons (Fsp3) is 0.250. The molecule has 152 valence electrons. The van der Waals surface area contributed by atoms with Gasteiger partial charge in [-0.15, -0.1) is 0 Å². The van der Waals surface area contributed by atoms with Crippen molar-refractivity contribution in [3.8, 4) is 0 Å². The van der Waals surface area contributed by atoms with Gasteiger partial charge in [-0.1, -0.05) is 6.92 Å². The van der Waals surface area contributed by atoms with Crippen LogP contribution in [0, 0.1) is 10.1 Å². The molecule has 0 aromatic heterocycles. The molecular formula is C20H21N3O6. The molecule has 2 rings (SSSR count). The molecule has 0 heterocycles. The number of rotatable bonds is 8. The summed E-state index contributed by atoms with van der Waals surface area (Å²) in [6.45, 7) is 3.30. The van der Waals surface area contributed by atoms with Gasteiger partial charge in [-0.3, -0.25) is 19.7 Å². The second-order valence-corrected chi connectivity index (χ2v) is 6.32. The molecule has 0 aliphatic carbocycles. The number of esters is 1. The summed E-state index contributed by atoms with van der Waals surface area (Å²) in [7, 11) is 0. The van der Waals surface area contributed by atoms with Gasteiger partial charge in [-0.05, 0) is 49.7 Å². The number of nitrogens with zero attached hydrogens (tertiary/aromatic N) is 1. The van der Waals surface area contributed by atoms with Crippen LogP contribution in [0.1, 0.15) is 47.4 Å². The van der Waals surface area contributed by atoms with E-state index >= 15 is 0 Å². The first-order valence-corrected chi connectivity index (χ1v) is 8.92. The number of nitro groups is 1. The van der Waals surface area contributed by atoms with Gasteiger partial charge in [0.05, 0.1) is 10.5 Å². The second kappa shape index (κ2) is 9.45. The summed E-state index contributed by atoms with van der Waals surface area (Å²) in [6.07, 6.45) is 0.0130. The number of benzene rings is 2. The predicted octanol–water partition coefficient (Wildman–Crippen LogP) is 3.34. The monoisotopic (exact) mass is 399 g/mol. The van der Waals surface area contributed by atoms with Crippen molar-refractivity contribution in [3.63, 3.8) is 0 Å². The van der Waals surface area contributed by atoms with Gasteiger partial charge in [0, 0.05) is 23.7 Å². The van der Waals surface area contributed by atoms with E-state index in [4.69, 9.17) is 10.5 Å². The van der Waals surface area contributed by atoms with Gasteiger partial charge in [0.15, 0.2) is 6.10 Å². The van der Waals surface area contributed by atoms with E-state index in [2.05, 4.69) is 5.32 Å². The van der Waals surface area contributed by atoms with Crippen molar-refractivity contribution >= 4 is 34.7 Å². The number of hydrogen-bond donors (Lipinski definition) is 2. The molecule has 0 aliphatic rings. The molecule has 3 N–H and O–H groups in total. The summed E-state index contributed by atoms with van der Waals surface area (Å²) in [5.74, 6) is -1.45. The zero-order valence-electron chi connectivity index (χ0n) is 16.0. The lowest BCUT2D eigenvalue weighted by Gasteiger charge is -2.13. The Morgan fingerprint density at radius 3 is 2.34 bits per heavy atom. The molecule has 1 amide bonds. The van der Waals surface area contributed by atoms with Crippen molar-refractivity contribution in [2.45, 2.75) is 32.8 Å². The Morgan fingerprint density at radius 2 is 1.76 bits per heavy atom. The summed E-state index contributed by atoms with van der Waals surface area (Å²) in [6, 6.07) is 9.72. The third-order valence-corrected chi connectivity index (χ3v) is 4.05. The van der Waals surface area contributed by atoms with E-state index < -0.39 is 28.5 Å². The highest BCUT2D eigenvalue weighted by atomic mass is 16.6. The summed E-state index contributed by atoms with van der Waals surface area (Å²) in [5, 5.41) is 13.6. The van der Waals surface area contributed by atoms with Gasteiger partial charge in [-0.25, -0.2) is 4.79 Å². The van der Waals surface area contributed by atoms with E-state index in [1.807, 2.05) is 6.92 Å². The second-order valence-electron chi connectivity index (χ2n) is 6.32. The van der Waals surface area contributed by atoms with E-state index in [-0.39, 0.29) is 17.2 Å². The minimum absolute atomic E-state index is 0.0817. The summed E-state index contributed by atoms with van der Waals surface area (Å²) in [4.78, 5) is 46.5. The lowest BCUT2D eigenvalue weighted by Crippen LogP contribution is -2.24. The molecule has 0 fully saturated rings. The molecule has 1 unspecified atom stereocenters. The normalized spacial score (nSPS) is 11.4. The number of hydrogen-bond acceptors (Lipinski definition) is 7. The number of ether oxygens (including phenoxy) is 1. The third-order valence-electron chi connectivity index (χ3n) is 4.05. The number of carbonyl (C=O) groups is 3. The minimum Gasteiger partial charge on any atom is -0.451 e. The molecule has 0 spiro atoms. The Kier molecular flexibility index (Phi) is 7.02. The lowest BCUT2D eigenvalue weighted by atomic mass is 10.1. The Hall–Kier alpha value is -3.75. The number of ketones is 1. The fourth-order valence-corrected chi connectivity index (χ4v) is 2.51. The van der Waals surface area contributed by atoms with E-state index in [1.54, 1.807) is 12.1 Å². The van der Waals surface area contributed by atoms with Gasteiger partial charge in [0.1, 0.15) is 5.69 Å². The number of nitrogen functional groups attached to an aromatic ring is 1. The maximum atomic E-state index is 12.5. The average Bonchev–Trinajstić information content (AvgIpc) is 2.68. The number of Topliss-reactive ketones (excluding diaryl/α,β-unsaturated/α-hetero) is 1. The SMILES string of the molecule is CCCC(=O)Nc1ccc(C(=O)C(C)OC(=O)c2ccc(N)c([N+](=O)[O-])c2)cc1. The van der Waals surface area contributed by atoms with Crippen LogP contribution in [0.15, 0.2) is 42.5 Å². The third kappa shape index (κ3) is 5.61. The molecular weight excluding hydrogens is 378 g/mol. The number of carbonyl (C=O) groups excluding carboxylic acids is 3. The van der Waals surface area contributed by atoms with E-state index in [9.17, 15) is 24.5 Å². The van der Waals surface area contributed by atoms with Crippen LogP contribution in [0.3, 0.4) is 0 Å². The molecule has 0 aliphatic heterocycles. The Labute approximate surface area is 167 Å². The van der Waals surface area contributed by atoms with Crippen LogP contribution < -0.4 is 11.1 Å². The topological polar surface area (TPSA) is 142 Å². The molecule has 29 heavy (non-hydrogen) atoms. The van der Waals surface area contributed by atoms with Crippen LogP contribution in [-0.2, 0) is 9.53 Å². The fourth-order valence-electron chi connectivity index (χ4n) is 2.51. The zero-order chi connectivity index (χ0) is 21.6. The average molecular weight is 399 g/mol. The highest BCUT2D eigenvalue weighted by molar-refractivity contribution is 6.02. The van der Waals surface area contributed by atoms with Crippen LogP contribution in [0.25, 0.3) is 0 Å². The molecule has 1 atom stereocenters. The van der Waals surface area contributed by atoms with Crippen molar-refractivity contribution in [1.29, 1.82) is 0 Å². The summed E-state index contributed by atoms with van der Waals surface area (Å²) in [5.41, 5.74) is 5.77. The van der Waals surface area contributed by atoms with Crippen molar-refractivity contribution in [2.24, 2.45) is 0 Å². The molecule has 9 heteroatoms. The quantitative estimate of drug-likeness (QED) is 0.228. The van der Waals surface area contributed by atoms with Crippen molar-refractivity contribution in [2.75, 3.05) is 11.1 Å². The highest BCUT2D eigenvalue weighted by Gasteiger charge is 2.22. The van der Waals surface area contributed by atoms with Crippen LogP contribution in [0.5, 0.6) is 0 Å². The Bertz CT molecular complexity index is 940. The maximum Gasteiger partial charge on any atom is 0.339 e. The summed E-state index contributed by atoms with van der Waals surface area (Å²) >= 11 is 0. The summed E-state index contributed by atoms with van der Waals surface area (Å²) < 4.78 is 5.13. The van der Waals surface area contributed by atoms with Gasteiger partial charge in [0.2, 0.25) is 11.7 Å². The van der Waals surface area contributed by atoms with Crippen molar-refractivity contribution in [3.05, 3.63) is 63.7 Å². The number of nitrogens with one attached hydrogen (secondary N) is 1. The van der Waals surface area contributed by atoms with Crippen LogP contribution in [0.2, 0.25) is 0 Å². The van der Waals surface area contributed by atoms with Gasteiger partial charge in [0.25, 0.3) is 5.69 Å². The number of amides is 1. The Morgan fingerprint density at radius 1 is 1.14 bits per heavy atom. The predicted molar refractivity (Wildman–Crippen MR) is 107 cm³/mol. The first-order chi connectivity index (χ1) is 13.7. The Balaban J connectivity index is 2.05. The number of nitrogens with two attached hydrogens (primary N) is 1. The number of anilines is 2. The largest absolute Gasteiger partial charge is 0.451 e. The van der Waals surface area contributed by atoms with Crippen LogP contribution in [0.4, 0.5) is 17.1 Å². The van der Waals surface area contributed by atoms with E-state index in [0.717, 1.165) is 12.5 Å². The van der Waals surface area contributed by atoms with Crippen LogP contribution >= 0.6 is 0 Å². The number of nitro benzene ring substituents is 1. The van der Waals surface area contributed by atoms with Gasteiger partial charge >= 0.3 is 5.97 Å². The van der Waals surface area contributed by atoms with Crippen LogP contribution in [-0.4, -0.2) is 28.7 Å². The first-order valence-electron chi connectivity index (χ1n) is 8.92. The van der Waals surface area contributed by atoms with E-state index in [1.165, 1.54) is 31.2 Å². The zero-order valence-corrected chi connectivity index (χ0v) is 16.0. The molecule has 0 bridgehead atoms. The standard InChI is InChI=1S/C20H21N3O6/c1-3-4-18(24)22-15-8-5-13(6-9-15)19(25)12(2)29-20(26)14-7-10-16(21)17(11-14)23(27)28/h5-12H,3-4,21H2,1-2H3,(H,22,24). The van der Waals surface area contributed by atoms with Gasteiger partial charge in [-0.2, -0.15) is 0 Å². The van der Waals surface area contributed by atoms with Gasteiger partial charge < -0.3 is 15.8 Å². The molecule has 0 radical (unpaired) electrons. The lowest BCUT2D eigenvalue weighted by molar-refractivity contribution is -0.383. The first kappa shape index (κ1) is 21.5. The molecule has 0 saturated heterocycles. The molecule has 2 aromatic rings. The molecule has 2 aromatic carbocycles. The van der Waals surface area contributed by atoms with E-state index in [0.29, 0.717) is 17.7 Å². The molecule has 0 saturated carbocycles. The van der Waals surface area contributed by atoms with Crippen molar-refractivity contribution < 1.29 is 24.0 Å². The highest BCUT2D eigenvalue weighted by Crippen LogP contribution is 2.23. The van der Waals surface area contributed by atoms with Crippen molar-refractivity contribution in [1.82, 2.24) is 0 Å². The molecule has 9 nitrogen and oxygen atoms in total.